The van der Waals surface area contributed by atoms with E-state index in [0.29, 0.717) is 0 Å². The Hall–Kier alpha value is -0.980. The molecular weight excluding hydrogens is 242 g/mol. The predicted molar refractivity (Wildman–Crippen MR) is 91.1 cm³/mol. The number of nitrogen functional groups attached to an aromatic ring is 1. The number of rotatable bonds is 11. The average Bonchev–Trinajstić information content (AvgIpc) is 2.43. The minimum Gasteiger partial charge on any atom is -0.398 e. The molecule has 0 bridgehead atoms. The Kier molecular flexibility index (Phi) is 9.19. The van der Waals surface area contributed by atoms with Crippen molar-refractivity contribution >= 4 is 5.69 Å². The fraction of sp³-hybridized carbons (Fsp3) is 0.684. The second-order valence-corrected chi connectivity index (χ2v) is 6.13. The first-order valence-electron chi connectivity index (χ1n) is 8.59. The molecule has 0 fully saturated rings. The van der Waals surface area contributed by atoms with Gasteiger partial charge in [-0.1, -0.05) is 76.8 Å². The normalized spacial score (nSPS) is 10.9. The summed E-state index contributed by atoms with van der Waals surface area (Å²) in [5.41, 5.74) is 9.60. The van der Waals surface area contributed by atoms with Crippen LogP contribution in [0.1, 0.15) is 82.3 Å². The summed E-state index contributed by atoms with van der Waals surface area (Å²) in [7, 11) is 0. The third-order valence-electron chi connectivity index (χ3n) is 4.10. The number of aryl methyl sites for hydroxylation is 2. The van der Waals surface area contributed by atoms with Crippen molar-refractivity contribution in [2.45, 2.75) is 84.5 Å². The second-order valence-electron chi connectivity index (χ2n) is 6.13. The molecule has 1 nitrogen and oxygen atoms in total. The molecule has 0 spiro atoms. The molecule has 0 aliphatic heterocycles. The van der Waals surface area contributed by atoms with Gasteiger partial charge in [0.1, 0.15) is 0 Å². The van der Waals surface area contributed by atoms with E-state index < -0.39 is 0 Å². The quantitative estimate of drug-likeness (QED) is 0.386. The van der Waals surface area contributed by atoms with E-state index >= 15 is 0 Å². The molecule has 0 amide bonds. The molecule has 114 valence electrons. The van der Waals surface area contributed by atoms with Crippen LogP contribution in [0.3, 0.4) is 0 Å². The summed E-state index contributed by atoms with van der Waals surface area (Å²) in [6.07, 6.45) is 15.1. The smallest absolute Gasteiger partial charge is 0.0349 e. The van der Waals surface area contributed by atoms with Gasteiger partial charge in [0.05, 0.1) is 0 Å². The number of anilines is 1. The second kappa shape index (κ2) is 10.8. The predicted octanol–water partition coefficient (Wildman–Crippen LogP) is 6.04. The first-order valence-corrected chi connectivity index (χ1v) is 8.59. The van der Waals surface area contributed by atoms with Crippen molar-refractivity contribution in [3.8, 4) is 0 Å². The van der Waals surface area contributed by atoms with Crippen molar-refractivity contribution in [1.29, 1.82) is 0 Å². The van der Waals surface area contributed by atoms with Crippen LogP contribution in [-0.2, 0) is 6.42 Å². The SMILES string of the molecule is CCCCCCCCCCCCc1ccc(C)cc1N. The van der Waals surface area contributed by atoms with E-state index in [2.05, 4.69) is 32.0 Å². The Bertz CT molecular complexity index is 357. The van der Waals surface area contributed by atoms with Gasteiger partial charge in [0.2, 0.25) is 0 Å². The van der Waals surface area contributed by atoms with Gasteiger partial charge < -0.3 is 5.73 Å². The Morgan fingerprint density at radius 1 is 0.800 bits per heavy atom. The van der Waals surface area contributed by atoms with Crippen molar-refractivity contribution in [2.75, 3.05) is 5.73 Å². The monoisotopic (exact) mass is 275 g/mol. The Morgan fingerprint density at radius 2 is 1.35 bits per heavy atom. The average molecular weight is 275 g/mol. The molecule has 0 saturated heterocycles. The summed E-state index contributed by atoms with van der Waals surface area (Å²) in [4.78, 5) is 0. The van der Waals surface area contributed by atoms with Crippen molar-refractivity contribution in [2.24, 2.45) is 0 Å². The molecule has 0 aliphatic rings. The van der Waals surface area contributed by atoms with Crippen LogP contribution in [0.5, 0.6) is 0 Å². The maximum atomic E-state index is 6.04. The van der Waals surface area contributed by atoms with Gasteiger partial charge in [0.25, 0.3) is 0 Å². The van der Waals surface area contributed by atoms with Crippen LogP contribution in [0.2, 0.25) is 0 Å². The number of hydrogen-bond acceptors (Lipinski definition) is 1. The number of nitrogens with two attached hydrogens (primary N) is 1. The zero-order chi connectivity index (χ0) is 14.6. The molecule has 2 N–H and O–H groups in total. The fourth-order valence-corrected chi connectivity index (χ4v) is 2.74. The minimum atomic E-state index is 0.973. The molecule has 0 saturated carbocycles. The van der Waals surface area contributed by atoms with Crippen molar-refractivity contribution in [3.63, 3.8) is 0 Å². The highest BCUT2D eigenvalue weighted by molar-refractivity contribution is 5.48. The van der Waals surface area contributed by atoms with E-state index in [-0.39, 0.29) is 0 Å². The molecule has 0 unspecified atom stereocenters. The fourth-order valence-electron chi connectivity index (χ4n) is 2.74. The maximum Gasteiger partial charge on any atom is 0.0349 e. The lowest BCUT2D eigenvalue weighted by molar-refractivity contribution is 0.556. The molecule has 0 atom stereocenters. The Labute approximate surface area is 126 Å². The van der Waals surface area contributed by atoms with Crippen LogP contribution in [-0.4, -0.2) is 0 Å². The van der Waals surface area contributed by atoms with Crippen LogP contribution in [0.15, 0.2) is 18.2 Å². The maximum absolute atomic E-state index is 6.04. The molecule has 1 aromatic carbocycles. The lowest BCUT2D eigenvalue weighted by atomic mass is 10.0. The first kappa shape index (κ1) is 17.1. The Balaban J connectivity index is 1.97. The van der Waals surface area contributed by atoms with Crippen LogP contribution in [0, 0.1) is 6.92 Å². The zero-order valence-electron chi connectivity index (χ0n) is 13.6. The van der Waals surface area contributed by atoms with Gasteiger partial charge >= 0.3 is 0 Å². The van der Waals surface area contributed by atoms with Crippen molar-refractivity contribution in [1.82, 2.24) is 0 Å². The first-order chi connectivity index (χ1) is 9.74. The van der Waals surface area contributed by atoms with Crippen LogP contribution in [0.4, 0.5) is 5.69 Å². The molecule has 0 aromatic heterocycles. The van der Waals surface area contributed by atoms with Gasteiger partial charge in [0.15, 0.2) is 0 Å². The molecule has 1 rings (SSSR count). The van der Waals surface area contributed by atoms with E-state index in [1.54, 1.807) is 0 Å². The van der Waals surface area contributed by atoms with E-state index in [9.17, 15) is 0 Å². The third kappa shape index (κ3) is 7.57. The standard InChI is InChI=1S/C19H33N/c1-3-4-5-6-7-8-9-10-11-12-13-18-15-14-17(2)16-19(18)20/h14-16H,3-13,20H2,1-2H3. The number of hydrogen-bond donors (Lipinski definition) is 1. The summed E-state index contributed by atoms with van der Waals surface area (Å²) in [5, 5.41) is 0. The van der Waals surface area contributed by atoms with Gasteiger partial charge in [-0.15, -0.1) is 0 Å². The molecular formula is C19H33N. The highest BCUT2D eigenvalue weighted by Gasteiger charge is 1.99. The van der Waals surface area contributed by atoms with E-state index in [1.807, 2.05) is 0 Å². The molecule has 1 aromatic rings. The van der Waals surface area contributed by atoms with Crippen LogP contribution in [0.25, 0.3) is 0 Å². The minimum absolute atomic E-state index is 0.973. The van der Waals surface area contributed by atoms with E-state index in [1.165, 1.54) is 75.3 Å². The summed E-state index contributed by atoms with van der Waals surface area (Å²) < 4.78 is 0. The summed E-state index contributed by atoms with van der Waals surface area (Å²) >= 11 is 0. The number of benzene rings is 1. The molecule has 0 aliphatic carbocycles. The zero-order valence-corrected chi connectivity index (χ0v) is 13.6. The van der Waals surface area contributed by atoms with Gasteiger partial charge in [-0.2, -0.15) is 0 Å². The largest absolute Gasteiger partial charge is 0.398 e. The highest BCUT2D eigenvalue weighted by Crippen LogP contribution is 2.17. The molecule has 20 heavy (non-hydrogen) atoms. The highest BCUT2D eigenvalue weighted by atomic mass is 14.6. The number of unbranched alkanes of at least 4 members (excludes halogenated alkanes) is 9. The Morgan fingerprint density at radius 3 is 1.90 bits per heavy atom. The van der Waals surface area contributed by atoms with Gasteiger partial charge in [-0.3, -0.25) is 0 Å². The van der Waals surface area contributed by atoms with Crippen molar-refractivity contribution in [3.05, 3.63) is 29.3 Å². The summed E-state index contributed by atoms with van der Waals surface area (Å²) in [6, 6.07) is 6.45. The lowest BCUT2D eigenvalue weighted by Crippen LogP contribution is -1.95. The van der Waals surface area contributed by atoms with E-state index in [4.69, 9.17) is 5.73 Å². The van der Waals surface area contributed by atoms with Crippen LogP contribution >= 0.6 is 0 Å². The van der Waals surface area contributed by atoms with Gasteiger partial charge in [-0.05, 0) is 37.0 Å². The lowest BCUT2D eigenvalue weighted by Gasteiger charge is -2.06. The van der Waals surface area contributed by atoms with Gasteiger partial charge in [-0.25, -0.2) is 0 Å². The van der Waals surface area contributed by atoms with E-state index in [0.717, 1.165) is 12.1 Å². The van der Waals surface area contributed by atoms with Gasteiger partial charge in [0, 0.05) is 5.69 Å². The summed E-state index contributed by atoms with van der Waals surface area (Å²) in [6.45, 7) is 4.38. The van der Waals surface area contributed by atoms with Crippen LogP contribution < -0.4 is 5.73 Å². The topological polar surface area (TPSA) is 26.0 Å². The molecule has 1 heteroatoms. The third-order valence-corrected chi connectivity index (χ3v) is 4.10. The van der Waals surface area contributed by atoms with Crippen molar-refractivity contribution < 1.29 is 0 Å². The summed E-state index contributed by atoms with van der Waals surface area (Å²) in [5.74, 6) is 0. The molecule has 0 radical (unpaired) electrons. The molecule has 0 heterocycles.